The Hall–Kier alpha value is -1.52. The Balaban J connectivity index is 2.06. The number of benzene rings is 1. The lowest BCUT2D eigenvalue weighted by Gasteiger charge is -2.24. The van der Waals surface area contributed by atoms with Crippen LogP contribution in [0, 0.1) is 12.3 Å². The van der Waals surface area contributed by atoms with Gasteiger partial charge in [0.05, 0.1) is 6.54 Å². The minimum atomic E-state index is 0.762. The molecule has 0 radical (unpaired) electrons. The maximum atomic E-state index is 5.29. The van der Waals surface area contributed by atoms with E-state index < -0.39 is 0 Å². The second-order valence-electron chi connectivity index (χ2n) is 3.78. The molecule has 0 fully saturated rings. The standard InChI is InChI=1S/C14H15N/c1-2-10-15-11-8-14(9-12-15)13-6-4-3-5-7-13/h1,3-8H,9-12H2. The van der Waals surface area contributed by atoms with Gasteiger partial charge in [-0.05, 0) is 17.6 Å². The maximum Gasteiger partial charge on any atom is 0.0601 e. The van der Waals surface area contributed by atoms with Crippen molar-refractivity contribution in [3.05, 3.63) is 42.0 Å². The first-order valence-electron chi connectivity index (χ1n) is 5.30. The highest BCUT2D eigenvalue weighted by molar-refractivity contribution is 5.66. The summed E-state index contributed by atoms with van der Waals surface area (Å²) in [5.74, 6) is 2.69. The van der Waals surface area contributed by atoms with Crippen LogP contribution in [0.2, 0.25) is 0 Å². The number of nitrogens with zero attached hydrogens (tertiary/aromatic N) is 1. The van der Waals surface area contributed by atoms with Crippen molar-refractivity contribution in [2.75, 3.05) is 19.6 Å². The van der Waals surface area contributed by atoms with E-state index in [9.17, 15) is 0 Å². The predicted octanol–water partition coefficient (Wildman–Crippen LogP) is 2.41. The molecule has 1 aliphatic rings. The smallest absolute Gasteiger partial charge is 0.0601 e. The highest BCUT2D eigenvalue weighted by Gasteiger charge is 2.11. The van der Waals surface area contributed by atoms with Gasteiger partial charge in [0.2, 0.25) is 0 Å². The van der Waals surface area contributed by atoms with Gasteiger partial charge in [0, 0.05) is 13.1 Å². The van der Waals surface area contributed by atoms with Gasteiger partial charge in [0.15, 0.2) is 0 Å². The Morgan fingerprint density at radius 3 is 2.67 bits per heavy atom. The van der Waals surface area contributed by atoms with Gasteiger partial charge in [-0.15, -0.1) is 6.42 Å². The molecule has 0 amide bonds. The first-order chi connectivity index (χ1) is 7.40. The SMILES string of the molecule is C#CCN1CC=C(c2ccccc2)CC1. The van der Waals surface area contributed by atoms with E-state index in [1.54, 1.807) is 0 Å². The van der Waals surface area contributed by atoms with Gasteiger partial charge in [-0.2, -0.15) is 0 Å². The Kier molecular flexibility index (Phi) is 3.22. The van der Waals surface area contributed by atoms with E-state index in [0.717, 1.165) is 26.1 Å². The van der Waals surface area contributed by atoms with Crippen LogP contribution in [0.3, 0.4) is 0 Å². The highest BCUT2D eigenvalue weighted by atomic mass is 15.1. The van der Waals surface area contributed by atoms with Crippen molar-refractivity contribution in [3.63, 3.8) is 0 Å². The molecule has 76 valence electrons. The van der Waals surface area contributed by atoms with Crippen LogP contribution < -0.4 is 0 Å². The summed E-state index contributed by atoms with van der Waals surface area (Å²) in [6.45, 7) is 2.82. The molecule has 1 heterocycles. The van der Waals surface area contributed by atoms with Gasteiger partial charge >= 0.3 is 0 Å². The zero-order valence-corrected chi connectivity index (χ0v) is 8.82. The van der Waals surface area contributed by atoms with Crippen LogP contribution in [0.15, 0.2) is 36.4 Å². The first kappa shape index (κ1) is 10.0. The third-order valence-corrected chi connectivity index (χ3v) is 2.75. The minimum Gasteiger partial charge on any atom is -0.288 e. The van der Waals surface area contributed by atoms with Crippen molar-refractivity contribution in [1.29, 1.82) is 0 Å². The quantitative estimate of drug-likeness (QED) is 0.658. The molecule has 1 heteroatoms. The van der Waals surface area contributed by atoms with Gasteiger partial charge < -0.3 is 0 Å². The summed E-state index contributed by atoms with van der Waals surface area (Å²) >= 11 is 0. The molecule has 1 aromatic carbocycles. The molecule has 0 atom stereocenters. The molecule has 0 N–H and O–H groups in total. The fourth-order valence-corrected chi connectivity index (χ4v) is 1.90. The summed E-state index contributed by atoms with van der Waals surface area (Å²) in [7, 11) is 0. The van der Waals surface area contributed by atoms with Gasteiger partial charge in [-0.1, -0.05) is 42.3 Å². The Morgan fingerprint density at radius 2 is 2.07 bits per heavy atom. The molecular formula is C14H15N. The summed E-state index contributed by atoms with van der Waals surface area (Å²) in [5, 5.41) is 0. The van der Waals surface area contributed by atoms with E-state index in [0.29, 0.717) is 0 Å². The van der Waals surface area contributed by atoms with Crippen LogP contribution in [0.5, 0.6) is 0 Å². The Labute approximate surface area is 91.4 Å². The van der Waals surface area contributed by atoms with E-state index in [2.05, 4.69) is 47.2 Å². The molecule has 1 aliphatic heterocycles. The lowest BCUT2D eigenvalue weighted by molar-refractivity contribution is 0.340. The zero-order chi connectivity index (χ0) is 10.5. The second-order valence-corrected chi connectivity index (χ2v) is 3.78. The monoisotopic (exact) mass is 197 g/mol. The predicted molar refractivity (Wildman–Crippen MR) is 64.3 cm³/mol. The molecule has 0 aliphatic carbocycles. The fraction of sp³-hybridized carbons (Fsp3) is 0.286. The highest BCUT2D eigenvalue weighted by Crippen LogP contribution is 2.21. The molecule has 0 unspecified atom stereocenters. The number of terminal acetylenes is 1. The van der Waals surface area contributed by atoms with Gasteiger partial charge in [0.1, 0.15) is 0 Å². The van der Waals surface area contributed by atoms with Crippen LogP contribution >= 0.6 is 0 Å². The average Bonchev–Trinajstić information content (AvgIpc) is 2.32. The summed E-state index contributed by atoms with van der Waals surface area (Å²) in [5.41, 5.74) is 2.79. The molecule has 0 saturated heterocycles. The van der Waals surface area contributed by atoms with Crippen LogP contribution in [0.25, 0.3) is 5.57 Å². The average molecular weight is 197 g/mol. The third-order valence-electron chi connectivity index (χ3n) is 2.75. The molecule has 0 bridgehead atoms. The van der Waals surface area contributed by atoms with E-state index in [4.69, 9.17) is 6.42 Å². The molecule has 0 saturated carbocycles. The van der Waals surface area contributed by atoms with Crippen molar-refractivity contribution in [1.82, 2.24) is 4.90 Å². The normalized spacial score (nSPS) is 16.9. The summed E-state index contributed by atoms with van der Waals surface area (Å²) in [6, 6.07) is 10.6. The fourth-order valence-electron chi connectivity index (χ4n) is 1.90. The molecular weight excluding hydrogens is 182 g/mol. The van der Waals surface area contributed by atoms with Crippen molar-refractivity contribution in [2.45, 2.75) is 6.42 Å². The first-order valence-corrected chi connectivity index (χ1v) is 5.30. The number of rotatable bonds is 2. The third kappa shape index (κ3) is 2.49. The van der Waals surface area contributed by atoms with Gasteiger partial charge in [-0.3, -0.25) is 4.90 Å². The zero-order valence-electron chi connectivity index (χ0n) is 8.82. The van der Waals surface area contributed by atoms with Crippen LogP contribution in [0.4, 0.5) is 0 Å². The lowest BCUT2D eigenvalue weighted by Crippen LogP contribution is -2.28. The largest absolute Gasteiger partial charge is 0.288 e. The Bertz CT molecular complexity index is 384. The van der Waals surface area contributed by atoms with E-state index in [1.807, 2.05) is 0 Å². The topological polar surface area (TPSA) is 3.24 Å². The molecule has 2 rings (SSSR count). The van der Waals surface area contributed by atoms with E-state index >= 15 is 0 Å². The van der Waals surface area contributed by atoms with Gasteiger partial charge in [0.25, 0.3) is 0 Å². The minimum absolute atomic E-state index is 0.762. The number of hydrogen-bond acceptors (Lipinski definition) is 1. The molecule has 1 nitrogen and oxygen atoms in total. The number of hydrogen-bond donors (Lipinski definition) is 0. The summed E-state index contributed by atoms with van der Waals surface area (Å²) < 4.78 is 0. The van der Waals surface area contributed by atoms with Crippen molar-refractivity contribution < 1.29 is 0 Å². The summed E-state index contributed by atoms with van der Waals surface area (Å²) in [4.78, 5) is 2.28. The second kappa shape index (κ2) is 4.82. The van der Waals surface area contributed by atoms with Crippen LogP contribution in [-0.2, 0) is 0 Å². The molecule has 1 aromatic rings. The van der Waals surface area contributed by atoms with E-state index in [1.165, 1.54) is 11.1 Å². The molecule has 15 heavy (non-hydrogen) atoms. The van der Waals surface area contributed by atoms with Gasteiger partial charge in [-0.25, -0.2) is 0 Å². The summed E-state index contributed by atoms with van der Waals surface area (Å²) in [6.07, 6.45) is 8.68. The van der Waals surface area contributed by atoms with Crippen molar-refractivity contribution in [2.24, 2.45) is 0 Å². The van der Waals surface area contributed by atoms with Crippen molar-refractivity contribution in [3.8, 4) is 12.3 Å². The van der Waals surface area contributed by atoms with Crippen molar-refractivity contribution >= 4 is 5.57 Å². The van der Waals surface area contributed by atoms with Crippen LogP contribution in [0.1, 0.15) is 12.0 Å². The van der Waals surface area contributed by atoms with E-state index in [-0.39, 0.29) is 0 Å². The molecule has 0 aromatic heterocycles. The lowest BCUT2D eigenvalue weighted by atomic mass is 10.00. The maximum absolute atomic E-state index is 5.29. The molecule has 0 spiro atoms. The Morgan fingerprint density at radius 1 is 1.27 bits per heavy atom. The van der Waals surface area contributed by atoms with Crippen LogP contribution in [-0.4, -0.2) is 24.5 Å².